The first-order valence-electron chi connectivity index (χ1n) is 33.6. The molecule has 9 fully saturated rings. The summed E-state index contributed by atoms with van der Waals surface area (Å²) in [5.41, 5.74) is 5.49. The molecule has 6 aromatic rings. The van der Waals surface area contributed by atoms with Crippen LogP contribution in [0.4, 0.5) is 0 Å². The number of Topliss-reactive ketones (excluding diaryl/α,β-unsaturated/α-hetero) is 1. The number of rotatable bonds is 12. The van der Waals surface area contributed by atoms with E-state index in [2.05, 4.69) is 39.0 Å². The number of benzene rings is 6. The Morgan fingerprint density at radius 3 is 0.764 bits per heavy atom. The van der Waals surface area contributed by atoms with Crippen LogP contribution < -0.4 is 37.8 Å². The Labute approximate surface area is 623 Å². The van der Waals surface area contributed by atoms with Crippen molar-refractivity contribution in [3.63, 3.8) is 0 Å². The molecule has 0 aromatic heterocycles. The van der Waals surface area contributed by atoms with Crippen LogP contribution in [0.2, 0.25) is 0 Å². The van der Waals surface area contributed by atoms with Crippen molar-refractivity contribution in [2.75, 3.05) is 14.2 Å². The predicted octanol–water partition coefficient (Wildman–Crippen LogP) is 7.74. The number of aliphatic hydroxyl groups excluding tert-OH is 2. The number of aromatic hydroxyl groups is 8. The zero-order chi connectivity index (χ0) is 76.7. The summed E-state index contributed by atoms with van der Waals surface area (Å²) in [5.74, 6) is 2.41. The van der Waals surface area contributed by atoms with Crippen molar-refractivity contribution in [1.82, 2.24) is 0 Å². The molecule has 0 bridgehead atoms. The van der Waals surface area contributed by atoms with Crippen LogP contribution in [0, 0.1) is 0 Å². The maximum Gasteiger partial charge on any atom is 1.00 e. The molecule has 2 spiro atoms. The summed E-state index contributed by atoms with van der Waals surface area (Å²) in [6.45, 7) is 8.01. The number of ether oxygens (including phenoxy) is 7. The van der Waals surface area contributed by atoms with Gasteiger partial charge in [-0.2, -0.15) is 28.8 Å². The zero-order valence-corrected chi connectivity index (χ0v) is 59.8. The van der Waals surface area contributed by atoms with E-state index in [9.17, 15) is 39.6 Å². The number of aliphatic hydroxyl groups is 2. The van der Waals surface area contributed by atoms with E-state index < -0.39 is 22.6 Å². The minimum absolute atomic E-state index is 0. The van der Waals surface area contributed by atoms with E-state index in [1.54, 1.807) is 36.4 Å². The van der Waals surface area contributed by atoms with Crippen molar-refractivity contribution < 1.29 is 157 Å². The fraction of sp³-hybridized carbons (Fsp3) is 0.442. The first-order valence-corrected chi connectivity index (χ1v) is 33.6. The van der Waals surface area contributed by atoms with Gasteiger partial charge in [0.25, 0.3) is 31.0 Å². The summed E-state index contributed by atoms with van der Waals surface area (Å²) in [6, 6.07) is 31.4. The monoisotopic (exact) mass is 1470 g/mol. The Hall–Kier alpha value is -10.4. The maximum absolute atomic E-state index is 10.5. The molecule has 2 heterocycles. The molecule has 566 valence electrons. The van der Waals surface area contributed by atoms with Crippen LogP contribution >= 0.6 is 0 Å². The Bertz CT molecular complexity index is 3850. The Morgan fingerprint density at radius 2 is 0.547 bits per heavy atom. The maximum atomic E-state index is 10.5. The summed E-state index contributed by atoms with van der Waals surface area (Å²) in [5, 5.41) is 87.4. The van der Waals surface area contributed by atoms with Gasteiger partial charge in [0.15, 0.2) is 69.0 Å². The molecule has 17 rings (SSSR count). The number of hydrogen-bond acceptors (Lipinski definition) is 28. The van der Waals surface area contributed by atoms with E-state index in [-0.39, 0.29) is 105 Å². The van der Waals surface area contributed by atoms with Gasteiger partial charge in [-0.15, -0.1) is 0 Å². The number of carbonyl (C=O) groups is 4. The molecule has 2 aliphatic heterocycles. The Morgan fingerprint density at radius 1 is 0.330 bits per heavy atom. The Kier molecular flexibility index (Phi) is 32.0. The smallest absolute Gasteiger partial charge is 0.870 e. The van der Waals surface area contributed by atoms with Gasteiger partial charge >= 0.3 is 37.3 Å². The topological polar surface area (TPSA) is 468 Å². The van der Waals surface area contributed by atoms with Crippen LogP contribution in [0.3, 0.4) is 0 Å². The second kappa shape index (κ2) is 38.6. The van der Waals surface area contributed by atoms with Gasteiger partial charge < -0.3 is 89.7 Å². The first-order chi connectivity index (χ1) is 49.7. The predicted molar refractivity (Wildman–Crippen MR) is 364 cm³/mol. The SMILES string of the molecule is CC1(c2ccc(O)c(O)c2)CC1.CC1(c2ccc(O)c(O)c2)CC1.CC1(c2ccc3c(c2)OC2(CCC2)O3)CC1.CO.CO.O=C1CCC1.O=C=O.O=C=O.O=C=O.O=COC1(c2ccc(O)c(O)c2)CC1.O=COC1(c2ccc(O)c(O)c2)CC1.O=COC1(c2ccc3c(c2)OC2(CCC2)O3)CC1.[Li+].[OH-]. The molecule has 0 amide bonds. The molecule has 0 unspecified atom stereocenters. The molecule has 0 radical (unpaired) electrons. The number of hydrogen-bond donors (Lipinski definition) is 10. The number of ketones is 1. The summed E-state index contributed by atoms with van der Waals surface area (Å²) < 4.78 is 38.7. The summed E-state index contributed by atoms with van der Waals surface area (Å²) in [4.78, 5) is 89.7. The van der Waals surface area contributed by atoms with Gasteiger partial charge in [-0.05, 0) is 219 Å². The Balaban J connectivity index is 0.000000257. The third-order valence-corrected chi connectivity index (χ3v) is 19.7. The van der Waals surface area contributed by atoms with Crippen molar-refractivity contribution in [2.24, 2.45) is 0 Å². The molecular formula is C77H89LiO28. The molecule has 11 aliphatic rings. The largest absolute Gasteiger partial charge is 1.00 e. The molecule has 106 heavy (non-hydrogen) atoms. The second-order valence-corrected chi connectivity index (χ2v) is 27.0. The van der Waals surface area contributed by atoms with Crippen LogP contribution in [-0.2, 0) is 95.2 Å². The van der Waals surface area contributed by atoms with Crippen molar-refractivity contribution in [3.05, 3.63) is 143 Å². The normalized spacial score (nSPS) is 18.5. The third kappa shape index (κ3) is 22.8. The fourth-order valence-corrected chi connectivity index (χ4v) is 11.4. The molecular weight excluding hydrogens is 1380 g/mol. The van der Waals surface area contributed by atoms with Crippen LogP contribution in [0.5, 0.6) is 69.0 Å². The average molecular weight is 1470 g/mol. The molecule has 0 saturated heterocycles. The minimum atomic E-state index is -0.563. The van der Waals surface area contributed by atoms with E-state index >= 15 is 0 Å². The van der Waals surface area contributed by atoms with Crippen molar-refractivity contribution in [1.29, 1.82) is 0 Å². The number of phenolic OH excluding ortho intramolecular Hbond substituents is 8. The number of fused-ring (bicyclic) bond motifs is 2. The quantitative estimate of drug-likeness (QED) is 0.0242. The van der Waals surface area contributed by atoms with Crippen LogP contribution in [-0.4, -0.2) is 126 Å². The minimum Gasteiger partial charge on any atom is -0.870 e. The molecule has 11 N–H and O–H groups in total. The summed E-state index contributed by atoms with van der Waals surface area (Å²) >= 11 is 0. The standard InChI is InChI=1S/C14H14O4.C14H16O2.2C10H10O4.2C10H12O2.C4H6O.3CO2.2CH4O.Li.H2O/c15-9-16-13(6-7-13)10-2-3-11-12(8-10)18-14(17-11)4-1-5-14;1-13(7-8-13)10-3-4-11-12(9-10)16-14(15-11)5-2-6-14;2*11-6-14-10(3-4-10)7-1-2-8(12)9(13)5-7;2*1-10(4-5-10)7-2-3-8(11)9(12)6-7;5-4-2-1-3-4;3*2-1-3;2*1-2;;/h2-3,8-9H,1,4-7H2;3-4,9H,2,5-8H2,1H3;2*1-2,5-6,12-13H,3-4H2;2*2-3,6,11-12H,4-5H2,1H3;1-3H2;;;;2*2H,1H3;;1H2/q;;;;;;;;;;;;+1;/p-1. The van der Waals surface area contributed by atoms with Gasteiger partial charge in [-0.1, -0.05) is 57.2 Å². The van der Waals surface area contributed by atoms with Gasteiger partial charge in [-0.3, -0.25) is 19.2 Å². The second-order valence-electron chi connectivity index (χ2n) is 27.0. The van der Waals surface area contributed by atoms with E-state index in [4.69, 9.17) is 92.6 Å². The van der Waals surface area contributed by atoms with Gasteiger partial charge in [0.2, 0.25) is 0 Å². The first kappa shape index (κ1) is 88.0. The third-order valence-electron chi connectivity index (χ3n) is 19.7. The zero-order valence-electron chi connectivity index (χ0n) is 59.8. The fourth-order valence-electron chi connectivity index (χ4n) is 11.4. The molecule has 28 nitrogen and oxygen atoms in total. The van der Waals surface area contributed by atoms with Crippen LogP contribution in [0.15, 0.2) is 109 Å². The number of carbonyl (C=O) groups excluding carboxylic acids is 10. The molecule has 0 atom stereocenters. The summed E-state index contributed by atoms with van der Waals surface area (Å²) in [7, 11) is 2.00. The van der Waals surface area contributed by atoms with Gasteiger partial charge in [0, 0.05) is 52.7 Å². The van der Waals surface area contributed by atoms with Gasteiger partial charge in [0.1, 0.15) is 22.6 Å². The van der Waals surface area contributed by atoms with Gasteiger partial charge in [-0.25, -0.2) is 0 Å². The molecule has 9 aliphatic carbocycles. The summed E-state index contributed by atoms with van der Waals surface area (Å²) in [6.07, 6.45) is 22.1. The van der Waals surface area contributed by atoms with Crippen molar-refractivity contribution >= 4 is 43.7 Å². The van der Waals surface area contributed by atoms with E-state index in [0.717, 1.165) is 155 Å². The number of phenols is 8. The van der Waals surface area contributed by atoms with Crippen molar-refractivity contribution in [3.8, 4) is 69.0 Å². The molecule has 29 heteroatoms. The van der Waals surface area contributed by atoms with E-state index in [0.29, 0.717) is 30.6 Å². The van der Waals surface area contributed by atoms with Crippen LogP contribution in [0.25, 0.3) is 0 Å². The van der Waals surface area contributed by atoms with Gasteiger partial charge in [0.05, 0.1) is 0 Å². The van der Waals surface area contributed by atoms with Crippen molar-refractivity contribution in [2.45, 2.75) is 200 Å². The van der Waals surface area contributed by atoms with E-state index in [1.165, 1.54) is 74.8 Å². The van der Waals surface area contributed by atoms with E-state index in [1.807, 2.05) is 30.3 Å². The average Bonchev–Trinajstić information content (AvgIpc) is 1.59. The van der Waals surface area contributed by atoms with Crippen LogP contribution in [0.1, 0.15) is 189 Å². The molecule has 9 saturated carbocycles. The molecule has 6 aromatic carbocycles.